The lowest BCUT2D eigenvalue weighted by Crippen LogP contribution is -2.32. The first-order valence-corrected chi connectivity index (χ1v) is 5.77. The Balaban J connectivity index is 2.86. The molecule has 0 radical (unpaired) electrons. The van der Waals surface area contributed by atoms with E-state index in [-0.39, 0.29) is 17.5 Å². The lowest BCUT2D eigenvalue weighted by atomic mass is 10.0. The summed E-state index contributed by atoms with van der Waals surface area (Å²) in [7, 11) is 0. The molecule has 4 heteroatoms. The molecule has 0 aliphatic rings. The monoisotopic (exact) mass is 247 g/mol. The summed E-state index contributed by atoms with van der Waals surface area (Å²) in [5, 5.41) is 11.5. The molecule has 0 unspecified atom stereocenters. The second kappa shape index (κ2) is 6.59. The van der Waals surface area contributed by atoms with Crippen molar-refractivity contribution in [2.75, 3.05) is 0 Å². The van der Waals surface area contributed by atoms with Crippen LogP contribution in [0.2, 0.25) is 0 Å². The quantitative estimate of drug-likeness (QED) is 0.779. The molecule has 1 amide bonds. The largest absolute Gasteiger partial charge is 0.478 e. The maximum Gasteiger partial charge on any atom is 0.328 e. The van der Waals surface area contributed by atoms with E-state index >= 15 is 0 Å². The van der Waals surface area contributed by atoms with Gasteiger partial charge in [0.25, 0.3) is 0 Å². The Bertz CT molecular complexity index is 449. The molecule has 0 spiro atoms. The van der Waals surface area contributed by atoms with Crippen molar-refractivity contribution in [1.29, 1.82) is 0 Å². The summed E-state index contributed by atoms with van der Waals surface area (Å²) >= 11 is 0. The third kappa shape index (κ3) is 4.82. The molecule has 1 aromatic carbocycles. The van der Waals surface area contributed by atoms with E-state index in [1.165, 1.54) is 0 Å². The summed E-state index contributed by atoms with van der Waals surface area (Å²) in [4.78, 5) is 22.6. The van der Waals surface area contributed by atoms with Crippen LogP contribution in [-0.2, 0) is 16.0 Å². The summed E-state index contributed by atoms with van der Waals surface area (Å²) < 4.78 is 0. The van der Waals surface area contributed by atoms with E-state index < -0.39 is 5.97 Å². The minimum atomic E-state index is -1.11. The van der Waals surface area contributed by atoms with Crippen LogP contribution in [0.4, 0.5) is 0 Å². The third-order valence-corrected chi connectivity index (χ3v) is 2.25. The third-order valence-electron chi connectivity index (χ3n) is 2.25. The Kier molecular flexibility index (Phi) is 5.11. The maximum atomic E-state index is 11.9. The van der Waals surface area contributed by atoms with Gasteiger partial charge in [0, 0.05) is 24.1 Å². The molecule has 0 atom stereocenters. The van der Waals surface area contributed by atoms with Crippen LogP contribution in [0.3, 0.4) is 0 Å². The zero-order valence-corrected chi connectivity index (χ0v) is 10.5. The molecule has 0 bridgehead atoms. The SMILES string of the molecule is CC(C)NC(=O)/C(=C\C(=O)O)Cc1ccccc1. The number of hydrogen-bond donors (Lipinski definition) is 2. The van der Waals surface area contributed by atoms with Gasteiger partial charge in [0.1, 0.15) is 0 Å². The Morgan fingerprint density at radius 2 is 1.89 bits per heavy atom. The highest BCUT2D eigenvalue weighted by atomic mass is 16.4. The number of carbonyl (C=O) groups excluding carboxylic acids is 1. The summed E-state index contributed by atoms with van der Waals surface area (Å²) in [6.07, 6.45) is 1.27. The number of nitrogens with one attached hydrogen (secondary N) is 1. The van der Waals surface area contributed by atoms with Crippen LogP contribution in [0.15, 0.2) is 42.0 Å². The van der Waals surface area contributed by atoms with Gasteiger partial charge < -0.3 is 10.4 Å². The molecule has 0 aliphatic carbocycles. The zero-order valence-electron chi connectivity index (χ0n) is 10.5. The number of carboxylic acid groups (broad SMARTS) is 1. The van der Waals surface area contributed by atoms with Crippen molar-refractivity contribution in [3.63, 3.8) is 0 Å². The zero-order chi connectivity index (χ0) is 13.5. The van der Waals surface area contributed by atoms with Gasteiger partial charge in [0.2, 0.25) is 5.91 Å². The van der Waals surface area contributed by atoms with Crippen LogP contribution in [-0.4, -0.2) is 23.0 Å². The molecule has 1 rings (SSSR count). The van der Waals surface area contributed by atoms with Gasteiger partial charge in [-0.2, -0.15) is 0 Å². The van der Waals surface area contributed by atoms with E-state index in [2.05, 4.69) is 5.32 Å². The van der Waals surface area contributed by atoms with E-state index in [0.717, 1.165) is 11.6 Å². The predicted octanol–water partition coefficient (Wildman–Crippen LogP) is 1.76. The van der Waals surface area contributed by atoms with Crippen LogP contribution in [0, 0.1) is 0 Å². The second-order valence-electron chi connectivity index (χ2n) is 4.30. The maximum absolute atomic E-state index is 11.9. The van der Waals surface area contributed by atoms with Crippen LogP contribution < -0.4 is 5.32 Å². The van der Waals surface area contributed by atoms with Crippen molar-refractivity contribution >= 4 is 11.9 Å². The highest BCUT2D eigenvalue weighted by Crippen LogP contribution is 2.08. The predicted molar refractivity (Wildman–Crippen MR) is 69.1 cm³/mol. The summed E-state index contributed by atoms with van der Waals surface area (Å²) in [5.41, 5.74) is 1.16. The van der Waals surface area contributed by atoms with Gasteiger partial charge in [-0.25, -0.2) is 4.79 Å². The van der Waals surface area contributed by atoms with Crippen LogP contribution in [0.1, 0.15) is 19.4 Å². The van der Waals surface area contributed by atoms with Crippen molar-refractivity contribution in [1.82, 2.24) is 5.32 Å². The molecule has 2 N–H and O–H groups in total. The van der Waals surface area contributed by atoms with Gasteiger partial charge in [0.05, 0.1) is 0 Å². The molecule has 1 aromatic rings. The molecule has 18 heavy (non-hydrogen) atoms. The summed E-state index contributed by atoms with van der Waals surface area (Å²) in [6.45, 7) is 3.66. The first-order chi connectivity index (χ1) is 8.49. The number of hydrogen-bond acceptors (Lipinski definition) is 2. The smallest absolute Gasteiger partial charge is 0.328 e. The van der Waals surface area contributed by atoms with Crippen molar-refractivity contribution in [3.8, 4) is 0 Å². The minimum Gasteiger partial charge on any atom is -0.478 e. The van der Waals surface area contributed by atoms with E-state index in [0.29, 0.717) is 6.42 Å². The highest BCUT2D eigenvalue weighted by Gasteiger charge is 2.12. The second-order valence-corrected chi connectivity index (χ2v) is 4.30. The molecular formula is C14H17NO3. The number of aliphatic carboxylic acids is 1. The Labute approximate surface area is 106 Å². The average molecular weight is 247 g/mol. The molecular weight excluding hydrogens is 230 g/mol. The van der Waals surface area contributed by atoms with E-state index in [1.54, 1.807) is 0 Å². The van der Waals surface area contributed by atoms with Crippen molar-refractivity contribution in [2.24, 2.45) is 0 Å². The summed E-state index contributed by atoms with van der Waals surface area (Å²) in [6, 6.07) is 9.28. The van der Waals surface area contributed by atoms with Crippen LogP contribution in [0.25, 0.3) is 0 Å². The van der Waals surface area contributed by atoms with E-state index in [4.69, 9.17) is 5.11 Å². The van der Waals surface area contributed by atoms with Gasteiger partial charge >= 0.3 is 5.97 Å². The normalized spacial score (nSPS) is 11.4. The topological polar surface area (TPSA) is 66.4 Å². The molecule has 0 saturated heterocycles. The Morgan fingerprint density at radius 3 is 2.39 bits per heavy atom. The fraction of sp³-hybridized carbons (Fsp3) is 0.286. The number of amides is 1. The molecule has 0 fully saturated rings. The first kappa shape index (κ1) is 14.0. The number of rotatable bonds is 5. The van der Waals surface area contributed by atoms with Crippen LogP contribution >= 0.6 is 0 Å². The average Bonchev–Trinajstić information content (AvgIpc) is 2.28. The van der Waals surface area contributed by atoms with Gasteiger partial charge in [-0.1, -0.05) is 30.3 Å². The van der Waals surface area contributed by atoms with E-state index in [1.807, 2.05) is 44.2 Å². The van der Waals surface area contributed by atoms with E-state index in [9.17, 15) is 9.59 Å². The standard InChI is InChI=1S/C14H17NO3/c1-10(2)15-14(18)12(9-13(16)17)8-11-6-4-3-5-7-11/h3-7,9-10H,8H2,1-2H3,(H,15,18)(H,16,17)/b12-9-. The molecule has 96 valence electrons. The molecule has 0 heterocycles. The number of carboxylic acids is 1. The fourth-order valence-corrected chi connectivity index (χ4v) is 1.52. The first-order valence-electron chi connectivity index (χ1n) is 5.77. The van der Waals surface area contributed by atoms with Gasteiger partial charge in [-0.05, 0) is 19.4 Å². The van der Waals surface area contributed by atoms with Gasteiger partial charge in [-0.3, -0.25) is 4.79 Å². The van der Waals surface area contributed by atoms with Crippen molar-refractivity contribution in [2.45, 2.75) is 26.3 Å². The highest BCUT2D eigenvalue weighted by molar-refractivity contribution is 5.99. The van der Waals surface area contributed by atoms with Gasteiger partial charge in [-0.15, -0.1) is 0 Å². The number of carbonyl (C=O) groups is 2. The number of benzene rings is 1. The molecule has 0 saturated carbocycles. The summed E-state index contributed by atoms with van der Waals surface area (Å²) in [5.74, 6) is -1.45. The lowest BCUT2D eigenvalue weighted by molar-refractivity contribution is -0.132. The fourth-order valence-electron chi connectivity index (χ4n) is 1.52. The van der Waals surface area contributed by atoms with Crippen molar-refractivity contribution in [3.05, 3.63) is 47.5 Å². The Morgan fingerprint density at radius 1 is 1.28 bits per heavy atom. The minimum absolute atomic E-state index is 0.0227. The van der Waals surface area contributed by atoms with Crippen LogP contribution in [0.5, 0.6) is 0 Å². The Hall–Kier alpha value is -2.10. The lowest BCUT2D eigenvalue weighted by Gasteiger charge is -2.11. The molecule has 4 nitrogen and oxygen atoms in total. The molecule has 0 aliphatic heterocycles. The van der Waals surface area contributed by atoms with Gasteiger partial charge in [0.15, 0.2) is 0 Å². The molecule has 0 aromatic heterocycles. The van der Waals surface area contributed by atoms with Crippen molar-refractivity contribution < 1.29 is 14.7 Å².